The fourth-order valence-electron chi connectivity index (χ4n) is 4.00. The largest absolute Gasteiger partial charge is 0.370 e. The third kappa shape index (κ3) is 5.70. The number of carbonyl (C=O) groups is 1. The van der Waals surface area contributed by atoms with Gasteiger partial charge in [-0.15, -0.1) is 0 Å². The topological polar surface area (TPSA) is 88.0 Å². The smallest absolute Gasteiger partial charge is 0.220 e. The van der Waals surface area contributed by atoms with E-state index in [1.807, 2.05) is 31.6 Å². The van der Waals surface area contributed by atoms with Gasteiger partial charge in [0.05, 0.1) is 5.69 Å². The fraction of sp³-hybridized carbons (Fsp3) is 0.636. The summed E-state index contributed by atoms with van der Waals surface area (Å²) in [7, 11) is 1.93. The molecule has 0 saturated carbocycles. The van der Waals surface area contributed by atoms with Gasteiger partial charge in [-0.3, -0.25) is 9.48 Å². The van der Waals surface area contributed by atoms with Crippen LogP contribution >= 0.6 is 0 Å². The molecule has 0 spiro atoms. The lowest BCUT2D eigenvalue weighted by atomic mass is 9.92. The Hall–Kier alpha value is -2.64. The summed E-state index contributed by atoms with van der Waals surface area (Å²) in [5.41, 5.74) is 3.22. The lowest BCUT2D eigenvalue weighted by Gasteiger charge is -2.32. The molecule has 3 rings (SSSR count). The molecule has 2 N–H and O–H groups in total. The zero-order valence-corrected chi connectivity index (χ0v) is 18.7. The van der Waals surface area contributed by atoms with Crippen molar-refractivity contribution in [1.29, 1.82) is 0 Å². The normalized spacial score (nSPS) is 14.7. The van der Waals surface area contributed by atoms with Crippen LogP contribution in [0.4, 0.5) is 11.6 Å². The predicted molar refractivity (Wildman–Crippen MR) is 120 cm³/mol. The van der Waals surface area contributed by atoms with Crippen LogP contribution in [0, 0.1) is 19.8 Å². The Balaban J connectivity index is 1.40. The van der Waals surface area contributed by atoms with Crippen LogP contribution in [0.3, 0.4) is 0 Å². The number of rotatable bonds is 9. The van der Waals surface area contributed by atoms with Gasteiger partial charge < -0.3 is 15.5 Å². The highest BCUT2D eigenvalue weighted by Crippen LogP contribution is 2.25. The SMILES string of the molecule is CCCNc1cc(N2CCC(CCC(=O)NCc3c(C)nn(C)c3C)CC2)ncn1. The van der Waals surface area contributed by atoms with Crippen LogP contribution in [0.2, 0.25) is 0 Å². The van der Waals surface area contributed by atoms with Gasteiger partial charge >= 0.3 is 0 Å². The number of aromatic nitrogens is 4. The molecule has 2 aromatic heterocycles. The summed E-state index contributed by atoms with van der Waals surface area (Å²) in [4.78, 5) is 23.4. The molecule has 0 atom stereocenters. The van der Waals surface area contributed by atoms with Gasteiger partial charge in [0.15, 0.2) is 0 Å². The maximum absolute atomic E-state index is 12.3. The Bertz CT molecular complexity index is 840. The monoisotopic (exact) mass is 413 g/mol. The van der Waals surface area contributed by atoms with Crippen molar-refractivity contribution in [1.82, 2.24) is 25.1 Å². The molecule has 1 aliphatic rings. The predicted octanol–water partition coefficient (Wildman–Crippen LogP) is 2.96. The zero-order chi connectivity index (χ0) is 21.5. The Kier molecular flexibility index (Phi) is 7.65. The van der Waals surface area contributed by atoms with E-state index in [0.29, 0.717) is 18.9 Å². The summed E-state index contributed by atoms with van der Waals surface area (Å²) in [6, 6.07) is 2.03. The molecule has 0 unspecified atom stereocenters. The zero-order valence-electron chi connectivity index (χ0n) is 18.7. The quantitative estimate of drug-likeness (QED) is 0.657. The van der Waals surface area contributed by atoms with E-state index in [0.717, 1.165) is 73.9 Å². The van der Waals surface area contributed by atoms with E-state index in [4.69, 9.17) is 0 Å². The highest BCUT2D eigenvalue weighted by molar-refractivity contribution is 5.75. The molecule has 3 heterocycles. The van der Waals surface area contributed by atoms with Crippen molar-refractivity contribution in [2.45, 2.75) is 59.4 Å². The van der Waals surface area contributed by atoms with Gasteiger partial charge in [0.25, 0.3) is 0 Å². The Morgan fingerprint density at radius 1 is 1.23 bits per heavy atom. The molecule has 0 aliphatic carbocycles. The first-order valence-corrected chi connectivity index (χ1v) is 11.0. The average molecular weight is 414 g/mol. The minimum absolute atomic E-state index is 0.127. The molecule has 0 aromatic carbocycles. The highest BCUT2D eigenvalue weighted by Gasteiger charge is 2.21. The number of hydrogen-bond acceptors (Lipinski definition) is 6. The van der Waals surface area contributed by atoms with Crippen LogP contribution in [-0.4, -0.2) is 45.3 Å². The third-order valence-electron chi connectivity index (χ3n) is 6.05. The lowest BCUT2D eigenvalue weighted by molar-refractivity contribution is -0.121. The summed E-state index contributed by atoms with van der Waals surface area (Å²) >= 11 is 0. The van der Waals surface area contributed by atoms with Crippen molar-refractivity contribution >= 4 is 17.5 Å². The standard InChI is InChI=1S/C22H35N7O/c1-5-10-23-20-13-21(26-15-25-20)29-11-8-18(9-12-29)6-7-22(30)24-14-19-16(2)27-28(4)17(19)3/h13,15,18H,5-12,14H2,1-4H3,(H,24,30)(H,23,25,26). The van der Waals surface area contributed by atoms with Gasteiger partial charge in [0.2, 0.25) is 5.91 Å². The molecule has 164 valence electrons. The van der Waals surface area contributed by atoms with E-state index in [-0.39, 0.29) is 5.91 Å². The molecule has 0 radical (unpaired) electrons. The molecular weight excluding hydrogens is 378 g/mol. The second kappa shape index (κ2) is 10.4. The maximum Gasteiger partial charge on any atom is 0.220 e. The van der Waals surface area contributed by atoms with Crippen LogP contribution < -0.4 is 15.5 Å². The number of nitrogens with zero attached hydrogens (tertiary/aromatic N) is 5. The van der Waals surface area contributed by atoms with Crippen molar-refractivity contribution < 1.29 is 4.79 Å². The van der Waals surface area contributed by atoms with E-state index in [2.05, 4.69) is 37.5 Å². The van der Waals surface area contributed by atoms with Crippen LogP contribution in [0.25, 0.3) is 0 Å². The van der Waals surface area contributed by atoms with Crippen molar-refractivity contribution in [2.75, 3.05) is 29.9 Å². The van der Waals surface area contributed by atoms with E-state index in [1.165, 1.54) is 0 Å². The second-order valence-corrected chi connectivity index (χ2v) is 8.21. The van der Waals surface area contributed by atoms with E-state index in [1.54, 1.807) is 6.33 Å². The minimum atomic E-state index is 0.127. The van der Waals surface area contributed by atoms with Crippen LogP contribution in [0.5, 0.6) is 0 Å². The summed E-state index contributed by atoms with van der Waals surface area (Å²) < 4.78 is 1.87. The summed E-state index contributed by atoms with van der Waals surface area (Å²) in [5, 5.41) is 10.8. The first kappa shape index (κ1) is 22.1. The van der Waals surface area contributed by atoms with Gasteiger partial charge in [-0.05, 0) is 45.4 Å². The van der Waals surface area contributed by atoms with Gasteiger partial charge in [0, 0.05) is 57.0 Å². The summed E-state index contributed by atoms with van der Waals surface area (Å²) in [6.07, 6.45) is 6.42. The molecular formula is C22H35N7O. The van der Waals surface area contributed by atoms with E-state index in [9.17, 15) is 4.79 Å². The van der Waals surface area contributed by atoms with Crippen molar-refractivity contribution in [3.05, 3.63) is 29.3 Å². The van der Waals surface area contributed by atoms with Crippen LogP contribution in [0.15, 0.2) is 12.4 Å². The van der Waals surface area contributed by atoms with Crippen LogP contribution in [0.1, 0.15) is 56.0 Å². The number of aryl methyl sites for hydroxylation is 2. The Labute approximate surface area is 179 Å². The Morgan fingerprint density at radius 2 is 2.00 bits per heavy atom. The number of anilines is 2. The van der Waals surface area contributed by atoms with Crippen molar-refractivity contribution in [3.8, 4) is 0 Å². The average Bonchev–Trinajstić information content (AvgIpc) is 3.00. The summed E-state index contributed by atoms with van der Waals surface area (Å²) in [5.74, 6) is 2.60. The van der Waals surface area contributed by atoms with E-state index < -0.39 is 0 Å². The molecule has 1 amide bonds. The van der Waals surface area contributed by atoms with Crippen molar-refractivity contribution in [2.24, 2.45) is 13.0 Å². The number of amides is 1. The molecule has 1 saturated heterocycles. The molecule has 30 heavy (non-hydrogen) atoms. The molecule has 2 aromatic rings. The molecule has 0 bridgehead atoms. The fourth-order valence-corrected chi connectivity index (χ4v) is 4.00. The number of piperidine rings is 1. The second-order valence-electron chi connectivity index (χ2n) is 8.21. The first-order chi connectivity index (χ1) is 14.5. The maximum atomic E-state index is 12.3. The molecule has 1 aliphatic heterocycles. The Morgan fingerprint density at radius 3 is 2.67 bits per heavy atom. The third-order valence-corrected chi connectivity index (χ3v) is 6.05. The molecule has 8 nitrogen and oxygen atoms in total. The number of nitrogens with one attached hydrogen (secondary N) is 2. The number of hydrogen-bond donors (Lipinski definition) is 2. The van der Waals surface area contributed by atoms with E-state index >= 15 is 0 Å². The van der Waals surface area contributed by atoms with Gasteiger partial charge in [-0.1, -0.05) is 6.92 Å². The van der Waals surface area contributed by atoms with Gasteiger partial charge in [0.1, 0.15) is 18.0 Å². The minimum Gasteiger partial charge on any atom is -0.370 e. The molecule has 1 fully saturated rings. The highest BCUT2D eigenvalue weighted by atomic mass is 16.1. The first-order valence-electron chi connectivity index (χ1n) is 11.0. The van der Waals surface area contributed by atoms with Gasteiger partial charge in [-0.2, -0.15) is 5.10 Å². The van der Waals surface area contributed by atoms with Crippen molar-refractivity contribution in [3.63, 3.8) is 0 Å². The lowest BCUT2D eigenvalue weighted by Crippen LogP contribution is -2.34. The molecule has 8 heteroatoms. The van der Waals surface area contributed by atoms with Crippen LogP contribution in [-0.2, 0) is 18.4 Å². The summed E-state index contributed by atoms with van der Waals surface area (Å²) in [6.45, 7) is 9.60. The number of carbonyl (C=O) groups excluding carboxylic acids is 1. The van der Waals surface area contributed by atoms with Gasteiger partial charge in [-0.25, -0.2) is 9.97 Å².